The second-order valence-corrected chi connectivity index (χ2v) is 6.82. The third kappa shape index (κ3) is 13.4. The lowest BCUT2D eigenvalue weighted by atomic mass is 9.83. The number of carbonyl (C=O) groups is 4. The SMILES string of the molecule is C#CCN(CCNC(=O)NC(CCC(=O)O)(CCC(=O)O)CCC(=O)O)CCOC. The molecule has 2 amide bonds. The zero-order chi connectivity index (χ0) is 23.0. The van der Waals surface area contributed by atoms with Gasteiger partial charge >= 0.3 is 23.9 Å². The van der Waals surface area contributed by atoms with Crippen molar-refractivity contribution >= 4 is 23.9 Å². The van der Waals surface area contributed by atoms with Crippen LogP contribution in [0.15, 0.2) is 0 Å². The van der Waals surface area contributed by atoms with E-state index in [0.717, 1.165) is 0 Å². The predicted octanol–water partition coefficient (Wildman–Crippen LogP) is 0.200. The molecule has 11 heteroatoms. The Labute approximate surface area is 175 Å². The highest BCUT2D eigenvalue weighted by Gasteiger charge is 2.33. The fourth-order valence-electron chi connectivity index (χ4n) is 2.83. The topological polar surface area (TPSA) is 166 Å². The molecule has 0 fully saturated rings. The van der Waals surface area contributed by atoms with Crippen molar-refractivity contribution in [2.45, 2.75) is 44.1 Å². The molecule has 0 spiro atoms. The van der Waals surface area contributed by atoms with Gasteiger partial charge in [0.1, 0.15) is 0 Å². The molecular formula is C19H31N3O8. The van der Waals surface area contributed by atoms with Crippen LogP contribution in [0, 0.1) is 12.3 Å². The highest BCUT2D eigenvalue weighted by atomic mass is 16.5. The van der Waals surface area contributed by atoms with Crippen LogP contribution in [0.5, 0.6) is 0 Å². The molecule has 5 N–H and O–H groups in total. The summed E-state index contributed by atoms with van der Waals surface area (Å²) in [5.41, 5.74) is -1.27. The van der Waals surface area contributed by atoms with E-state index >= 15 is 0 Å². The lowest BCUT2D eigenvalue weighted by Crippen LogP contribution is -2.53. The normalized spacial score (nSPS) is 11.0. The second-order valence-electron chi connectivity index (χ2n) is 6.82. The van der Waals surface area contributed by atoms with E-state index in [1.54, 1.807) is 7.11 Å². The van der Waals surface area contributed by atoms with Gasteiger partial charge in [-0.25, -0.2) is 4.79 Å². The number of nitrogens with one attached hydrogen (secondary N) is 2. The number of aliphatic carboxylic acids is 3. The highest BCUT2D eigenvalue weighted by Crippen LogP contribution is 2.26. The number of hydrogen-bond donors (Lipinski definition) is 5. The number of nitrogens with zero attached hydrogens (tertiary/aromatic N) is 1. The number of terminal acetylenes is 1. The minimum absolute atomic E-state index is 0.0899. The Morgan fingerprint density at radius 3 is 1.87 bits per heavy atom. The molecule has 0 bridgehead atoms. The summed E-state index contributed by atoms with van der Waals surface area (Å²) in [6, 6.07) is -0.636. The predicted molar refractivity (Wildman–Crippen MR) is 107 cm³/mol. The molecule has 0 aromatic carbocycles. The number of carbonyl (C=O) groups excluding carboxylic acids is 1. The summed E-state index contributed by atoms with van der Waals surface area (Å²) in [5, 5.41) is 32.2. The molecule has 0 aliphatic heterocycles. The molecule has 0 atom stereocenters. The fourth-order valence-corrected chi connectivity index (χ4v) is 2.83. The summed E-state index contributed by atoms with van der Waals surface area (Å²) in [6.45, 7) is 2.07. The van der Waals surface area contributed by atoms with Gasteiger partial charge in [0.15, 0.2) is 0 Å². The molecule has 11 nitrogen and oxygen atoms in total. The van der Waals surface area contributed by atoms with E-state index < -0.39 is 29.5 Å². The number of hydrogen-bond acceptors (Lipinski definition) is 6. The van der Waals surface area contributed by atoms with Gasteiger partial charge in [0.05, 0.1) is 13.2 Å². The Bertz CT molecular complexity index is 572. The standard InChI is InChI=1S/C19H31N3O8/c1-3-11-22(13-14-30-2)12-10-20-18(29)21-19(7-4-15(23)24,8-5-16(25)26)9-6-17(27)28/h1H,4-14H2,2H3,(H,23,24)(H,25,26)(H,27,28)(H2,20,21,29). The van der Waals surface area contributed by atoms with Gasteiger partial charge in [-0.3, -0.25) is 19.3 Å². The van der Waals surface area contributed by atoms with Crippen LogP contribution in [0.2, 0.25) is 0 Å². The van der Waals surface area contributed by atoms with Crippen molar-refractivity contribution in [1.82, 2.24) is 15.5 Å². The quantitative estimate of drug-likeness (QED) is 0.203. The smallest absolute Gasteiger partial charge is 0.315 e. The van der Waals surface area contributed by atoms with Crippen molar-refractivity contribution in [3.05, 3.63) is 0 Å². The Balaban J connectivity index is 5.06. The number of carboxylic acid groups (broad SMARTS) is 3. The van der Waals surface area contributed by atoms with Gasteiger partial charge in [-0.1, -0.05) is 5.92 Å². The first kappa shape index (κ1) is 27.2. The van der Waals surface area contributed by atoms with Crippen molar-refractivity contribution < 1.29 is 39.2 Å². The third-order valence-electron chi connectivity index (χ3n) is 4.47. The number of methoxy groups -OCH3 is 1. The van der Waals surface area contributed by atoms with Crippen LogP contribution >= 0.6 is 0 Å². The Hall–Kier alpha value is -2.84. The Morgan fingerprint density at radius 1 is 0.967 bits per heavy atom. The van der Waals surface area contributed by atoms with E-state index in [9.17, 15) is 19.2 Å². The van der Waals surface area contributed by atoms with Gasteiger partial charge in [-0.05, 0) is 19.3 Å². The molecule has 30 heavy (non-hydrogen) atoms. The zero-order valence-electron chi connectivity index (χ0n) is 17.2. The van der Waals surface area contributed by atoms with E-state index in [1.807, 2.05) is 4.90 Å². The van der Waals surface area contributed by atoms with Crippen LogP contribution < -0.4 is 10.6 Å². The van der Waals surface area contributed by atoms with E-state index in [0.29, 0.717) is 26.2 Å². The van der Waals surface area contributed by atoms with Gasteiger partial charge in [0, 0.05) is 51.5 Å². The zero-order valence-corrected chi connectivity index (χ0v) is 17.2. The molecule has 0 aliphatic carbocycles. The van der Waals surface area contributed by atoms with Crippen LogP contribution in [-0.4, -0.2) is 89.6 Å². The molecule has 0 heterocycles. The summed E-state index contributed by atoms with van der Waals surface area (Å²) < 4.78 is 5.00. The molecule has 0 aromatic rings. The first-order valence-corrected chi connectivity index (χ1v) is 9.50. The molecule has 0 aliphatic rings. The van der Waals surface area contributed by atoms with E-state index in [2.05, 4.69) is 16.6 Å². The number of rotatable bonds is 17. The number of carboxylic acids is 3. The summed E-state index contributed by atoms with van der Waals surface area (Å²) in [5.74, 6) is -0.878. The average Bonchev–Trinajstić information content (AvgIpc) is 2.67. The van der Waals surface area contributed by atoms with Crippen LogP contribution in [0.1, 0.15) is 38.5 Å². The van der Waals surface area contributed by atoms with Crippen LogP contribution in [0.4, 0.5) is 4.79 Å². The minimum atomic E-state index is -1.27. The molecule has 170 valence electrons. The monoisotopic (exact) mass is 429 g/mol. The van der Waals surface area contributed by atoms with E-state index in [1.165, 1.54) is 0 Å². The third-order valence-corrected chi connectivity index (χ3v) is 4.47. The van der Waals surface area contributed by atoms with E-state index in [-0.39, 0.29) is 45.1 Å². The lowest BCUT2D eigenvalue weighted by molar-refractivity contribution is -0.137. The molecule has 0 unspecified atom stereocenters. The van der Waals surface area contributed by atoms with Crippen LogP contribution in [0.3, 0.4) is 0 Å². The van der Waals surface area contributed by atoms with Crippen molar-refractivity contribution in [1.29, 1.82) is 0 Å². The summed E-state index contributed by atoms with van der Waals surface area (Å²) in [4.78, 5) is 47.3. The molecular weight excluding hydrogens is 398 g/mol. The van der Waals surface area contributed by atoms with Crippen molar-refractivity contribution in [3.63, 3.8) is 0 Å². The maximum absolute atomic E-state index is 12.4. The van der Waals surface area contributed by atoms with Gasteiger partial charge in [-0.2, -0.15) is 0 Å². The van der Waals surface area contributed by atoms with Gasteiger partial charge in [0.2, 0.25) is 0 Å². The van der Waals surface area contributed by atoms with Crippen molar-refractivity contribution in [2.24, 2.45) is 0 Å². The average molecular weight is 429 g/mol. The highest BCUT2D eigenvalue weighted by molar-refractivity contribution is 5.75. The maximum atomic E-state index is 12.4. The van der Waals surface area contributed by atoms with Crippen LogP contribution in [-0.2, 0) is 19.1 Å². The summed E-state index contributed by atoms with van der Waals surface area (Å²) in [6.07, 6.45) is 4.02. The molecule has 0 saturated heterocycles. The van der Waals surface area contributed by atoms with Crippen molar-refractivity contribution in [2.75, 3.05) is 39.9 Å². The van der Waals surface area contributed by atoms with Gasteiger partial charge < -0.3 is 30.7 Å². The summed E-state index contributed by atoms with van der Waals surface area (Å²) in [7, 11) is 1.56. The fraction of sp³-hybridized carbons (Fsp3) is 0.684. The van der Waals surface area contributed by atoms with Crippen LogP contribution in [0.25, 0.3) is 0 Å². The molecule has 0 radical (unpaired) electrons. The number of ether oxygens (including phenoxy) is 1. The molecule has 0 rings (SSSR count). The first-order chi connectivity index (χ1) is 14.1. The van der Waals surface area contributed by atoms with Crippen molar-refractivity contribution in [3.8, 4) is 12.3 Å². The maximum Gasteiger partial charge on any atom is 0.315 e. The first-order valence-electron chi connectivity index (χ1n) is 9.50. The molecule has 0 aromatic heterocycles. The molecule has 0 saturated carbocycles. The number of urea groups is 1. The minimum Gasteiger partial charge on any atom is -0.481 e. The second kappa shape index (κ2) is 15.1. The van der Waals surface area contributed by atoms with Gasteiger partial charge in [0.25, 0.3) is 0 Å². The van der Waals surface area contributed by atoms with E-state index in [4.69, 9.17) is 26.5 Å². The largest absolute Gasteiger partial charge is 0.481 e. The number of amides is 2. The summed E-state index contributed by atoms with van der Waals surface area (Å²) >= 11 is 0. The Morgan fingerprint density at radius 2 is 1.47 bits per heavy atom. The van der Waals surface area contributed by atoms with Gasteiger partial charge in [-0.15, -0.1) is 6.42 Å². The Kier molecular flexibility index (Phi) is 13.6. The lowest BCUT2D eigenvalue weighted by Gasteiger charge is -2.34.